The molecule has 0 radical (unpaired) electrons. The standard InChI is InChI=1S/C19H14FN5O2.C4H10.C2H6/c1-11-2-3-12-10-21-18(9-17(12)22-11)23-15-5-4-13(8-14(15)20)25-7-6-16(24-25)19(26)27;1-3-4-2;1-2/h2-10H,1H3,(H,21,23)(H,26,27);3-4H2,1-2H3;1-2H3. The van der Waals surface area contributed by atoms with Crippen LogP contribution in [0.5, 0.6) is 0 Å². The molecule has 3 heterocycles. The molecule has 1 aromatic carbocycles. The molecule has 0 bridgehead atoms. The molecular weight excluding hydrogens is 421 g/mol. The summed E-state index contributed by atoms with van der Waals surface area (Å²) in [6.45, 7) is 10.3. The number of nitrogens with zero attached hydrogens (tertiary/aromatic N) is 4. The van der Waals surface area contributed by atoms with Gasteiger partial charge in [-0.25, -0.2) is 18.9 Å². The van der Waals surface area contributed by atoms with Gasteiger partial charge in [-0.2, -0.15) is 5.10 Å². The number of hydrogen-bond donors (Lipinski definition) is 2. The average molecular weight is 452 g/mol. The number of rotatable bonds is 5. The fraction of sp³-hybridized carbons (Fsp3) is 0.280. The van der Waals surface area contributed by atoms with E-state index in [-0.39, 0.29) is 11.4 Å². The Morgan fingerprint density at radius 2 is 1.82 bits per heavy atom. The van der Waals surface area contributed by atoms with E-state index in [4.69, 9.17) is 5.11 Å². The normalized spacial score (nSPS) is 10.0. The predicted molar refractivity (Wildman–Crippen MR) is 130 cm³/mol. The van der Waals surface area contributed by atoms with Crippen molar-refractivity contribution in [3.63, 3.8) is 0 Å². The number of carbonyl (C=O) groups is 1. The largest absolute Gasteiger partial charge is 0.476 e. The van der Waals surface area contributed by atoms with E-state index in [2.05, 4.69) is 34.2 Å². The second-order valence-corrected chi connectivity index (χ2v) is 6.95. The molecular formula is C25H30FN5O2. The average Bonchev–Trinajstić information content (AvgIpc) is 3.32. The van der Waals surface area contributed by atoms with Crippen LogP contribution in [0.2, 0.25) is 0 Å². The molecule has 2 N–H and O–H groups in total. The minimum absolute atomic E-state index is 0.110. The number of hydrogen-bond acceptors (Lipinski definition) is 5. The molecule has 0 atom stereocenters. The zero-order valence-electron chi connectivity index (χ0n) is 19.6. The number of fused-ring (bicyclic) bond motifs is 1. The molecule has 4 rings (SSSR count). The lowest BCUT2D eigenvalue weighted by Crippen LogP contribution is -2.02. The Kier molecular flexibility index (Phi) is 9.47. The van der Waals surface area contributed by atoms with Gasteiger partial charge in [-0.05, 0) is 37.3 Å². The number of aryl methyl sites for hydroxylation is 1. The zero-order valence-corrected chi connectivity index (χ0v) is 19.6. The molecule has 7 nitrogen and oxygen atoms in total. The smallest absolute Gasteiger partial charge is 0.356 e. The highest BCUT2D eigenvalue weighted by atomic mass is 19.1. The number of pyridine rings is 2. The Morgan fingerprint density at radius 1 is 1.09 bits per heavy atom. The van der Waals surface area contributed by atoms with Crippen molar-refractivity contribution >= 4 is 28.4 Å². The maximum Gasteiger partial charge on any atom is 0.356 e. The Balaban J connectivity index is 0.000000582. The predicted octanol–water partition coefficient (Wildman–Crippen LogP) is 6.54. The van der Waals surface area contributed by atoms with Crippen LogP contribution >= 0.6 is 0 Å². The Morgan fingerprint density at radius 3 is 2.42 bits per heavy atom. The molecule has 0 saturated heterocycles. The number of aromatic nitrogens is 4. The molecule has 3 aromatic heterocycles. The fourth-order valence-electron chi connectivity index (χ4n) is 2.65. The van der Waals surface area contributed by atoms with Gasteiger partial charge >= 0.3 is 5.97 Å². The summed E-state index contributed by atoms with van der Waals surface area (Å²) < 4.78 is 15.8. The van der Waals surface area contributed by atoms with Crippen molar-refractivity contribution in [3.8, 4) is 5.69 Å². The van der Waals surface area contributed by atoms with Crippen LogP contribution in [0.1, 0.15) is 56.7 Å². The Labute approximate surface area is 193 Å². The minimum Gasteiger partial charge on any atom is -0.476 e. The number of benzene rings is 1. The van der Waals surface area contributed by atoms with Crippen molar-refractivity contribution in [2.24, 2.45) is 0 Å². The van der Waals surface area contributed by atoms with Gasteiger partial charge in [0, 0.05) is 35.6 Å². The quantitative estimate of drug-likeness (QED) is 0.358. The van der Waals surface area contributed by atoms with Crippen LogP contribution < -0.4 is 5.32 Å². The summed E-state index contributed by atoms with van der Waals surface area (Å²) in [5.74, 6) is -1.18. The maximum absolute atomic E-state index is 14.5. The number of aromatic carboxylic acids is 1. The van der Waals surface area contributed by atoms with Gasteiger partial charge in [-0.15, -0.1) is 0 Å². The van der Waals surface area contributed by atoms with Gasteiger partial charge < -0.3 is 10.4 Å². The summed E-state index contributed by atoms with van der Waals surface area (Å²) in [4.78, 5) is 19.6. The monoisotopic (exact) mass is 451 g/mol. The molecule has 4 aromatic rings. The summed E-state index contributed by atoms with van der Waals surface area (Å²) in [5, 5.41) is 16.6. The first kappa shape index (κ1) is 25.5. The van der Waals surface area contributed by atoms with Crippen LogP contribution in [0, 0.1) is 12.7 Å². The van der Waals surface area contributed by atoms with Crippen LogP contribution in [0.3, 0.4) is 0 Å². The summed E-state index contributed by atoms with van der Waals surface area (Å²) in [7, 11) is 0. The van der Waals surface area contributed by atoms with E-state index in [0.29, 0.717) is 11.5 Å². The van der Waals surface area contributed by atoms with Crippen molar-refractivity contribution < 1.29 is 14.3 Å². The van der Waals surface area contributed by atoms with Crippen molar-refractivity contribution in [3.05, 3.63) is 72.1 Å². The summed E-state index contributed by atoms with van der Waals surface area (Å²) in [6, 6.07) is 11.4. The second kappa shape index (κ2) is 12.3. The number of carboxylic acid groups (broad SMARTS) is 1. The molecule has 0 fully saturated rings. The molecule has 0 aliphatic heterocycles. The topological polar surface area (TPSA) is 92.9 Å². The summed E-state index contributed by atoms with van der Waals surface area (Å²) >= 11 is 0. The molecule has 8 heteroatoms. The van der Waals surface area contributed by atoms with E-state index < -0.39 is 11.8 Å². The highest BCUT2D eigenvalue weighted by Gasteiger charge is 2.10. The minimum atomic E-state index is -1.14. The number of unbranched alkanes of at least 4 members (excludes halogenated alkanes) is 1. The van der Waals surface area contributed by atoms with E-state index in [0.717, 1.165) is 16.6 Å². The third-order valence-corrected chi connectivity index (χ3v) is 4.50. The van der Waals surface area contributed by atoms with Crippen molar-refractivity contribution in [2.45, 2.75) is 47.5 Å². The molecule has 0 unspecified atom stereocenters. The van der Waals surface area contributed by atoms with Gasteiger partial charge in [0.25, 0.3) is 0 Å². The van der Waals surface area contributed by atoms with Gasteiger partial charge in [0.2, 0.25) is 0 Å². The summed E-state index contributed by atoms with van der Waals surface area (Å²) in [6.07, 6.45) is 5.78. The van der Waals surface area contributed by atoms with Crippen molar-refractivity contribution in [1.29, 1.82) is 0 Å². The first-order valence-electron chi connectivity index (χ1n) is 11.0. The van der Waals surface area contributed by atoms with Gasteiger partial charge in [0.15, 0.2) is 5.69 Å². The SMILES string of the molecule is CC.CCCC.Cc1ccc2cnc(Nc3ccc(-n4ccc(C(=O)O)n4)cc3F)cc2n1. The highest BCUT2D eigenvalue weighted by molar-refractivity contribution is 5.85. The van der Waals surface area contributed by atoms with Crippen LogP contribution in [-0.4, -0.2) is 30.8 Å². The zero-order chi connectivity index (χ0) is 24.4. The molecule has 174 valence electrons. The Hall–Kier alpha value is -3.81. The van der Waals surface area contributed by atoms with Crippen LogP contribution in [0.25, 0.3) is 16.6 Å². The molecule has 0 aliphatic carbocycles. The molecule has 0 spiro atoms. The molecule has 0 aliphatic rings. The van der Waals surface area contributed by atoms with Gasteiger partial charge in [0.05, 0.1) is 16.9 Å². The number of anilines is 2. The van der Waals surface area contributed by atoms with E-state index in [1.54, 1.807) is 24.4 Å². The lowest BCUT2D eigenvalue weighted by Gasteiger charge is -2.09. The number of carboxylic acids is 1. The fourth-order valence-corrected chi connectivity index (χ4v) is 2.65. The van der Waals surface area contributed by atoms with E-state index in [1.165, 1.54) is 35.9 Å². The number of halogens is 1. The first-order valence-corrected chi connectivity index (χ1v) is 11.0. The first-order chi connectivity index (χ1) is 15.9. The van der Waals surface area contributed by atoms with Crippen LogP contribution in [0.15, 0.2) is 54.9 Å². The molecule has 33 heavy (non-hydrogen) atoms. The van der Waals surface area contributed by atoms with Crippen LogP contribution in [-0.2, 0) is 0 Å². The van der Waals surface area contributed by atoms with E-state index >= 15 is 0 Å². The third-order valence-electron chi connectivity index (χ3n) is 4.50. The highest BCUT2D eigenvalue weighted by Crippen LogP contribution is 2.23. The van der Waals surface area contributed by atoms with Crippen molar-refractivity contribution in [1.82, 2.24) is 19.7 Å². The maximum atomic E-state index is 14.5. The van der Waals surface area contributed by atoms with E-state index in [1.807, 2.05) is 32.9 Å². The summed E-state index contributed by atoms with van der Waals surface area (Å²) in [5.41, 5.74) is 2.19. The molecule has 0 amide bonds. The lowest BCUT2D eigenvalue weighted by atomic mass is 10.2. The lowest BCUT2D eigenvalue weighted by molar-refractivity contribution is 0.0690. The second-order valence-electron chi connectivity index (χ2n) is 6.95. The van der Waals surface area contributed by atoms with E-state index in [9.17, 15) is 9.18 Å². The van der Waals surface area contributed by atoms with Gasteiger partial charge in [-0.1, -0.05) is 40.5 Å². The van der Waals surface area contributed by atoms with Crippen LogP contribution in [0.4, 0.5) is 15.9 Å². The Bertz CT molecular complexity index is 1200. The van der Waals surface area contributed by atoms with Gasteiger partial charge in [0.1, 0.15) is 11.6 Å². The van der Waals surface area contributed by atoms with Gasteiger partial charge in [-0.3, -0.25) is 4.98 Å². The third kappa shape index (κ3) is 6.83. The molecule has 0 saturated carbocycles. The van der Waals surface area contributed by atoms with Crippen molar-refractivity contribution in [2.75, 3.05) is 5.32 Å². The number of nitrogens with one attached hydrogen (secondary N) is 1.